The van der Waals surface area contributed by atoms with Crippen molar-refractivity contribution in [1.29, 1.82) is 0 Å². The van der Waals surface area contributed by atoms with Crippen LogP contribution in [0.4, 0.5) is 0 Å². The number of pyridine rings is 1. The van der Waals surface area contributed by atoms with Crippen LogP contribution in [0.2, 0.25) is 0 Å². The van der Waals surface area contributed by atoms with Crippen LogP contribution in [0.1, 0.15) is 30.5 Å². The standard InChI is InChI=1S/C20H25N3O3S/c1-15-2-9-20(12-21-15)27(24,25)22-17-10-11-23(14-17)13-16-3-5-18(6-4-16)26-19-7-8-19/h2-6,9,12,17,19,22H,7-8,10-11,13-14H2,1H3/t17-/m1/s1. The Morgan fingerprint density at radius 2 is 1.93 bits per heavy atom. The van der Waals surface area contributed by atoms with E-state index in [0.717, 1.165) is 43.8 Å². The van der Waals surface area contributed by atoms with E-state index in [1.165, 1.54) is 11.8 Å². The molecule has 2 heterocycles. The minimum Gasteiger partial charge on any atom is -0.490 e. The van der Waals surface area contributed by atoms with Gasteiger partial charge in [0.1, 0.15) is 10.6 Å². The molecule has 144 valence electrons. The lowest BCUT2D eigenvalue weighted by molar-refractivity contribution is 0.302. The molecule has 0 bridgehead atoms. The number of ether oxygens (including phenoxy) is 1. The molecule has 2 aliphatic rings. The quantitative estimate of drug-likeness (QED) is 0.790. The summed E-state index contributed by atoms with van der Waals surface area (Å²) < 4.78 is 33.6. The summed E-state index contributed by atoms with van der Waals surface area (Å²) in [5, 5.41) is 0. The number of rotatable bonds is 7. The van der Waals surface area contributed by atoms with Crippen molar-refractivity contribution in [2.45, 2.75) is 49.8 Å². The number of nitrogens with zero attached hydrogens (tertiary/aromatic N) is 2. The number of nitrogens with one attached hydrogen (secondary N) is 1. The zero-order chi connectivity index (χ0) is 18.9. The van der Waals surface area contributed by atoms with Gasteiger partial charge in [-0.2, -0.15) is 0 Å². The maximum absolute atomic E-state index is 12.5. The van der Waals surface area contributed by atoms with Crippen molar-refractivity contribution in [2.75, 3.05) is 13.1 Å². The maximum Gasteiger partial charge on any atom is 0.242 e. The van der Waals surface area contributed by atoms with E-state index in [1.807, 2.05) is 19.1 Å². The number of likely N-dealkylation sites (tertiary alicyclic amines) is 1. The molecule has 1 saturated heterocycles. The fourth-order valence-electron chi connectivity index (χ4n) is 3.28. The van der Waals surface area contributed by atoms with Crippen LogP contribution in [-0.2, 0) is 16.6 Å². The van der Waals surface area contributed by atoms with Gasteiger partial charge >= 0.3 is 0 Å². The van der Waals surface area contributed by atoms with Gasteiger partial charge in [0.25, 0.3) is 0 Å². The predicted molar refractivity (Wildman–Crippen MR) is 103 cm³/mol. The first kappa shape index (κ1) is 18.4. The Morgan fingerprint density at radius 3 is 2.59 bits per heavy atom. The number of aromatic nitrogens is 1. The van der Waals surface area contributed by atoms with Gasteiger partial charge in [-0.25, -0.2) is 13.1 Å². The van der Waals surface area contributed by atoms with E-state index in [1.54, 1.807) is 12.1 Å². The van der Waals surface area contributed by atoms with Crippen LogP contribution in [0, 0.1) is 6.92 Å². The monoisotopic (exact) mass is 387 g/mol. The summed E-state index contributed by atoms with van der Waals surface area (Å²) in [4.78, 5) is 6.58. The smallest absolute Gasteiger partial charge is 0.242 e. The molecule has 1 saturated carbocycles. The van der Waals surface area contributed by atoms with E-state index in [2.05, 4.69) is 26.7 Å². The fraction of sp³-hybridized carbons (Fsp3) is 0.450. The Hall–Kier alpha value is -1.96. The molecule has 1 aromatic carbocycles. The average Bonchev–Trinajstić information content (AvgIpc) is 3.35. The molecule has 1 aromatic heterocycles. The SMILES string of the molecule is Cc1ccc(S(=O)(=O)N[C@@H]2CCN(Cc3ccc(OC4CC4)cc3)C2)cn1. The minimum absolute atomic E-state index is 0.0752. The largest absolute Gasteiger partial charge is 0.490 e. The van der Waals surface area contributed by atoms with Crippen LogP contribution in [0.3, 0.4) is 0 Å². The molecule has 1 aliphatic heterocycles. The van der Waals surface area contributed by atoms with Crippen molar-refractivity contribution in [3.8, 4) is 5.75 Å². The Bertz CT molecular complexity index is 878. The van der Waals surface area contributed by atoms with E-state index >= 15 is 0 Å². The number of benzene rings is 1. The topological polar surface area (TPSA) is 71.5 Å². The summed E-state index contributed by atoms with van der Waals surface area (Å²) in [6.07, 6.45) is 4.94. The third-order valence-corrected chi connectivity index (χ3v) is 6.45. The summed E-state index contributed by atoms with van der Waals surface area (Å²) in [7, 11) is -3.52. The number of sulfonamides is 1. The molecule has 27 heavy (non-hydrogen) atoms. The highest BCUT2D eigenvalue weighted by Gasteiger charge is 2.27. The maximum atomic E-state index is 12.5. The van der Waals surface area contributed by atoms with Gasteiger partial charge in [0.15, 0.2) is 0 Å². The molecule has 1 aliphatic carbocycles. The molecular weight excluding hydrogens is 362 g/mol. The van der Waals surface area contributed by atoms with Crippen molar-refractivity contribution in [2.24, 2.45) is 0 Å². The van der Waals surface area contributed by atoms with Gasteiger partial charge in [-0.1, -0.05) is 12.1 Å². The van der Waals surface area contributed by atoms with Gasteiger partial charge in [-0.3, -0.25) is 9.88 Å². The number of aryl methyl sites for hydroxylation is 1. The summed E-state index contributed by atoms with van der Waals surface area (Å²) in [5.74, 6) is 0.931. The zero-order valence-electron chi connectivity index (χ0n) is 15.5. The molecule has 0 amide bonds. The van der Waals surface area contributed by atoms with Crippen LogP contribution >= 0.6 is 0 Å². The second-order valence-corrected chi connectivity index (χ2v) is 9.15. The number of hydrogen-bond acceptors (Lipinski definition) is 5. The van der Waals surface area contributed by atoms with Crippen molar-refractivity contribution >= 4 is 10.0 Å². The molecule has 1 atom stereocenters. The molecule has 6 nitrogen and oxygen atoms in total. The normalized spacial score (nSPS) is 20.7. The van der Waals surface area contributed by atoms with E-state index < -0.39 is 10.0 Å². The highest BCUT2D eigenvalue weighted by molar-refractivity contribution is 7.89. The van der Waals surface area contributed by atoms with Gasteiger partial charge in [0.2, 0.25) is 10.0 Å². The van der Waals surface area contributed by atoms with E-state index in [0.29, 0.717) is 12.6 Å². The second-order valence-electron chi connectivity index (χ2n) is 7.44. The van der Waals surface area contributed by atoms with Crippen molar-refractivity contribution in [1.82, 2.24) is 14.6 Å². The molecule has 2 fully saturated rings. The zero-order valence-corrected chi connectivity index (χ0v) is 16.3. The second kappa shape index (κ2) is 7.58. The molecule has 2 aromatic rings. The van der Waals surface area contributed by atoms with E-state index in [4.69, 9.17) is 4.74 Å². The van der Waals surface area contributed by atoms with Crippen molar-refractivity contribution < 1.29 is 13.2 Å². The molecule has 4 rings (SSSR count). The molecule has 0 spiro atoms. The Morgan fingerprint density at radius 1 is 1.15 bits per heavy atom. The Kier molecular flexibility index (Phi) is 5.16. The van der Waals surface area contributed by atoms with E-state index in [-0.39, 0.29) is 10.9 Å². The first-order valence-corrected chi connectivity index (χ1v) is 10.9. The van der Waals surface area contributed by atoms with Crippen LogP contribution in [0.15, 0.2) is 47.5 Å². The van der Waals surface area contributed by atoms with Gasteiger partial charge in [-0.05, 0) is 56.0 Å². The first-order valence-electron chi connectivity index (χ1n) is 9.41. The summed E-state index contributed by atoms with van der Waals surface area (Å²) >= 11 is 0. The van der Waals surface area contributed by atoms with Crippen LogP contribution in [-0.4, -0.2) is 43.5 Å². The minimum atomic E-state index is -3.52. The highest BCUT2D eigenvalue weighted by atomic mass is 32.2. The summed E-state index contributed by atoms with van der Waals surface area (Å²) in [5.41, 5.74) is 2.01. The molecule has 0 radical (unpaired) electrons. The van der Waals surface area contributed by atoms with Crippen molar-refractivity contribution in [3.63, 3.8) is 0 Å². The Labute approximate surface area is 160 Å². The Balaban J connectivity index is 1.31. The van der Waals surface area contributed by atoms with Gasteiger partial charge in [0, 0.05) is 37.6 Å². The third-order valence-electron chi connectivity index (χ3n) is 4.95. The average molecular weight is 388 g/mol. The lowest BCUT2D eigenvalue weighted by Gasteiger charge is -2.17. The molecular formula is C20H25N3O3S. The van der Waals surface area contributed by atoms with Gasteiger partial charge in [0.05, 0.1) is 6.10 Å². The van der Waals surface area contributed by atoms with Crippen LogP contribution in [0.5, 0.6) is 5.75 Å². The number of hydrogen-bond donors (Lipinski definition) is 1. The highest BCUT2D eigenvalue weighted by Crippen LogP contribution is 2.27. The molecule has 0 unspecified atom stereocenters. The summed E-state index contributed by atoms with van der Waals surface area (Å²) in [6.45, 7) is 4.23. The van der Waals surface area contributed by atoms with Crippen LogP contribution < -0.4 is 9.46 Å². The summed E-state index contributed by atoms with van der Waals surface area (Å²) in [6, 6.07) is 11.5. The van der Waals surface area contributed by atoms with Gasteiger partial charge in [-0.15, -0.1) is 0 Å². The lowest BCUT2D eigenvalue weighted by Crippen LogP contribution is -2.37. The fourth-order valence-corrected chi connectivity index (χ4v) is 4.49. The molecule has 7 heteroatoms. The molecule has 1 N–H and O–H groups in total. The van der Waals surface area contributed by atoms with Gasteiger partial charge < -0.3 is 4.74 Å². The third kappa shape index (κ3) is 4.86. The van der Waals surface area contributed by atoms with Crippen molar-refractivity contribution in [3.05, 3.63) is 53.9 Å². The first-order chi connectivity index (χ1) is 13.0. The predicted octanol–water partition coefficient (Wildman–Crippen LogP) is 2.48. The lowest BCUT2D eigenvalue weighted by atomic mass is 10.2. The van der Waals surface area contributed by atoms with Crippen LogP contribution in [0.25, 0.3) is 0 Å². The van der Waals surface area contributed by atoms with E-state index in [9.17, 15) is 8.42 Å².